The lowest BCUT2D eigenvalue weighted by atomic mass is 9.55. The summed E-state index contributed by atoms with van der Waals surface area (Å²) in [6.07, 6.45) is 7.32. The highest BCUT2D eigenvalue weighted by molar-refractivity contribution is 5.87. The molecule has 0 aromatic heterocycles. The Morgan fingerprint density at radius 3 is 2.77 bits per heavy atom. The monoisotopic (exact) mass is 296 g/mol. The molecule has 0 heterocycles. The molecule has 3 aliphatic rings. The Kier molecular flexibility index (Phi) is 3.08. The first-order chi connectivity index (χ1) is 10.5. The van der Waals surface area contributed by atoms with Crippen LogP contribution in [0.15, 0.2) is 12.1 Å². The molecule has 0 unspecified atom stereocenters. The van der Waals surface area contributed by atoms with Crippen molar-refractivity contribution < 1.29 is 9.59 Å². The first-order valence-corrected chi connectivity index (χ1v) is 8.66. The van der Waals surface area contributed by atoms with Crippen molar-refractivity contribution in [1.82, 2.24) is 0 Å². The molecule has 116 valence electrons. The highest BCUT2D eigenvalue weighted by Crippen LogP contribution is 2.59. The first kappa shape index (κ1) is 14.2. The number of fused-ring (bicyclic) bond motifs is 5. The van der Waals surface area contributed by atoms with Gasteiger partial charge in [-0.05, 0) is 79.5 Å². The van der Waals surface area contributed by atoms with Gasteiger partial charge in [0.05, 0.1) is 0 Å². The summed E-state index contributed by atoms with van der Waals surface area (Å²) in [7, 11) is 0. The van der Waals surface area contributed by atoms with Gasteiger partial charge in [-0.1, -0.05) is 13.0 Å². The van der Waals surface area contributed by atoms with E-state index in [1.54, 1.807) is 0 Å². The lowest BCUT2D eigenvalue weighted by Gasteiger charge is -2.48. The number of aryl methyl sites for hydroxylation is 2. The molecule has 0 spiro atoms. The van der Waals surface area contributed by atoms with Crippen molar-refractivity contribution in [3.8, 4) is 0 Å². The van der Waals surface area contributed by atoms with Gasteiger partial charge in [-0.15, -0.1) is 0 Å². The van der Waals surface area contributed by atoms with E-state index in [1.807, 2.05) is 6.92 Å². The number of rotatable bonds is 1. The third-order valence-corrected chi connectivity index (χ3v) is 6.95. The van der Waals surface area contributed by atoms with Crippen LogP contribution in [0.3, 0.4) is 0 Å². The zero-order valence-electron chi connectivity index (χ0n) is 13.5. The van der Waals surface area contributed by atoms with E-state index >= 15 is 0 Å². The second kappa shape index (κ2) is 4.78. The van der Waals surface area contributed by atoms with Crippen LogP contribution >= 0.6 is 0 Å². The van der Waals surface area contributed by atoms with Gasteiger partial charge in [0.25, 0.3) is 0 Å². The number of ketones is 1. The Balaban J connectivity index is 1.75. The van der Waals surface area contributed by atoms with E-state index < -0.39 is 0 Å². The molecule has 2 fully saturated rings. The van der Waals surface area contributed by atoms with Crippen molar-refractivity contribution in [3.63, 3.8) is 0 Å². The molecule has 2 nitrogen and oxygen atoms in total. The molecule has 0 bridgehead atoms. The molecule has 4 rings (SSSR count). The lowest BCUT2D eigenvalue weighted by molar-refractivity contribution is -0.129. The minimum atomic E-state index is -0.0587. The van der Waals surface area contributed by atoms with E-state index in [0.29, 0.717) is 23.5 Å². The van der Waals surface area contributed by atoms with Crippen LogP contribution in [0, 0.1) is 24.2 Å². The molecule has 0 aliphatic heterocycles. The van der Waals surface area contributed by atoms with Gasteiger partial charge in [0.2, 0.25) is 0 Å². The van der Waals surface area contributed by atoms with Crippen molar-refractivity contribution in [1.29, 1.82) is 0 Å². The van der Waals surface area contributed by atoms with Crippen LogP contribution in [0.2, 0.25) is 0 Å². The smallest absolute Gasteiger partial charge is 0.150 e. The van der Waals surface area contributed by atoms with E-state index in [4.69, 9.17) is 0 Å². The summed E-state index contributed by atoms with van der Waals surface area (Å²) in [6.45, 7) is 4.24. The topological polar surface area (TPSA) is 34.1 Å². The van der Waals surface area contributed by atoms with Gasteiger partial charge in [-0.3, -0.25) is 9.59 Å². The zero-order chi connectivity index (χ0) is 15.5. The van der Waals surface area contributed by atoms with E-state index in [1.165, 1.54) is 17.5 Å². The second-order valence-corrected chi connectivity index (χ2v) is 7.86. The van der Waals surface area contributed by atoms with Gasteiger partial charge in [0.1, 0.15) is 12.1 Å². The number of aldehydes is 1. The molecule has 3 aliphatic carbocycles. The predicted molar refractivity (Wildman–Crippen MR) is 86.2 cm³/mol. The molecule has 0 saturated heterocycles. The zero-order valence-corrected chi connectivity index (χ0v) is 13.5. The maximum atomic E-state index is 12.3. The van der Waals surface area contributed by atoms with Gasteiger partial charge in [0, 0.05) is 17.4 Å². The Labute approximate surface area is 132 Å². The SMILES string of the molecule is Cc1cc2c(cc1C=O)[C@H]1CC[C@]3(C)C(=O)CC[C@H]3[C@@H]1CC2. The molecule has 2 heteroatoms. The summed E-state index contributed by atoms with van der Waals surface area (Å²) in [6, 6.07) is 4.37. The molecule has 0 radical (unpaired) electrons. The molecular weight excluding hydrogens is 272 g/mol. The molecule has 1 aromatic carbocycles. The minimum absolute atomic E-state index is 0.0587. The largest absolute Gasteiger partial charge is 0.299 e. The highest BCUT2D eigenvalue weighted by Gasteiger charge is 2.54. The van der Waals surface area contributed by atoms with Crippen LogP contribution in [-0.2, 0) is 11.2 Å². The van der Waals surface area contributed by atoms with E-state index in [9.17, 15) is 9.59 Å². The van der Waals surface area contributed by atoms with Crippen molar-refractivity contribution in [2.45, 2.75) is 58.3 Å². The summed E-state index contributed by atoms with van der Waals surface area (Å²) in [5, 5.41) is 0. The van der Waals surface area contributed by atoms with Crippen LogP contribution in [0.1, 0.15) is 72.0 Å². The summed E-state index contributed by atoms with van der Waals surface area (Å²) in [5.74, 6) is 2.26. The number of Topliss-reactive ketones (excluding diaryl/α,β-unsaturated/α-hetero) is 1. The predicted octanol–water partition coefficient (Wildman–Crippen LogP) is 4.23. The highest BCUT2D eigenvalue weighted by atomic mass is 16.1. The van der Waals surface area contributed by atoms with Crippen LogP contribution in [0.4, 0.5) is 0 Å². The third kappa shape index (κ3) is 1.79. The van der Waals surface area contributed by atoms with Crippen LogP contribution in [0.5, 0.6) is 0 Å². The molecule has 0 amide bonds. The van der Waals surface area contributed by atoms with Gasteiger partial charge >= 0.3 is 0 Å². The number of hydrogen-bond donors (Lipinski definition) is 0. The van der Waals surface area contributed by atoms with Gasteiger partial charge < -0.3 is 0 Å². The van der Waals surface area contributed by atoms with Gasteiger partial charge in [-0.25, -0.2) is 0 Å². The van der Waals surface area contributed by atoms with E-state index in [0.717, 1.165) is 49.5 Å². The molecule has 4 atom stereocenters. The summed E-state index contributed by atoms with van der Waals surface area (Å²) < 4.78 is 0. The molecule has 0 N–H and O–H groups in total. The fourth-order valence-electron chi connectivity index (χ4n) is 5.66. The lowest BCUT2D eigenvalue weighted by Crippen LogP contribution is -2.42. The molecule has 22 heavy (non-hydrogen) atoms. The molecule has 1 aromatic rings. The van der Waals surface area contributed by atoms with Crippen LogP contribution in [0.25, 0.3) is 0 Å². The fourth-order valence-corrected chi connectivity index (χ4v) is 5.66. The number of benzene rings is 1. The van der Waals surface area contributed by atoms with Crippen LogP contribution in [-0.4, -0.2) is 12.1 Å². The Bertz CT molecular complexity index is 660. The third-order valence-electron chi connectivity index (χ3n) is 6.95. The summed E-state index contributed by atoms with van der Waals surface area (Å²) in [5.41, 5.74) is 4.73. The molecule has 2 saturated carbocycles. The first-order valence-electron chi connectivity index (χ1n) is 8.66. The van der Waals surface area contributed by atoms with Crippen molar-refractivity contribution >= 4 is 12.1 Å². The quantitative estimate of drug-likeness (QED) is 0.727. The standard InChI is InChI=1S/C20H24O2/c1-12-9-13-3-4-16-15(17(13)10-14(12)11-21)7-8-20(2)18(16)5-6-19(20)22/h9-11,15-16,18H,3-8H2,1-2H3/t15-,16+,18-,20-/m0/s1. The Morgan fingerprint density at radius 2 is 2.00 bits per heavy atom. The summed E-state index contributed by atoms with van der Waals surface area (Å²) in [4.78, 5) is 23.7. The number of carbonyl (C=O) groups is 2. The maximum absolute atomic E-state index is 12.3. The summed E-state index contributed by atoms with van der Waals surface area (Å²) >= 11 is 0. The van der Waals surface area contributed by atoms with Gasteiger partial charge in [-0.2, -0.15) is 0 Å². The van der Waals surface area contributed by atoms with E-state index in [2.05, 4.69) is 19.1 Å². The average molecular weight is 296 g/mol. The minimum Gasteiger partial charge on any atom is -0.299 e. The van der Waals surface area contributed by atoms with E-state index in [-0.39, 0.29) is 5.41 Å². The van der Waals surface area contributed by atoms with Crippen molar-refractivity contribution in [2.75, 3.05) is 0 Å². The van der Waals surface area contributed by atoms with Crippen LogP contribution < -0.4 is 0 Å². The van der Waals surface area contributed by atoms with Crippen molar-refractivity contribution in [3.05, 3.63) is 34.4 Å². The fraction of sp³-hybridized carbons (Fsp3) is 0.600. The number of carbonyl (C=O) groups excluding carboxylic acids is 2. The maximum Gasteiger partial charge on any atom is 0.150 e. The van der Waals surface area contributed by atoms with Gasteiger partial charge in [0.15, 0.2) is 0 Å². The van der Waals surface area contributed by atoms with Crippen molar-refractivity contribution in [2.24, 2.45) is 17.3 Å². The Morgan fingerprint density at radius 1 is 1.18 bits per heavy atom. The Hall–Kier alpha value is -1.44. The normalized spacial score (nSPS) is 36.5. The number of hydrogen-bond acceptors (Lipinski definition) is 2. The average Bonchev–Trinajstić information content (AvgIpc) is 2.82. The molecular formula is C20H24O2. The second-order valence-electron chi connectivity index (χ2n) is 7.86.